The number of fused-ring (bicyclic) bond motifs is 1. The topological polar surface area (TPSA) is 26.0 Å². The Bertz CT molecular complexity index is 578. The van der Waals surface area contributed by atoms with Crippen LogP contribution in [0.5, 0.6) is 0 Å². The average molecular weight is 336 g/mol. The Labute approximate surface area is 127 Å². The molecule has 0 aliphatic heterocycles. The van der Waals surface area contributed by atoms with E-state index in [2.05, 4.69) is 51.6 Å². The third kappa shape index (κ3) is 2.51. The fourth-order valence-electron chi connectivity index (χ4n) is 3.26. The summed E-state index contributed by atoms with van der Waals surface area (Å²) >= 11 is 5.38. The van der Waals surface area contributed by atoms with Gasteiger partial charge in [0.05, 0.1) is 0 Å². The monoisotopic (exact) mass is 335 g/mol. The van der Waals surface area contributed by atoms with Crippen LogP contribution in [0.25, 0.3) is 0 Å². The van der Waals surface area contributed by atoms with Gasteiger partial charge in [-0.3, -0.25) is 0 Å². The van der Waals surface area contributed by atoms with Gasteiger partial charge in [0.1, 0.15) is 0 Å². The van der Waals surface area contributed by atoms with E-state index in [1.54, 1.807) is 0 Å². The van der Waals surface area contributed by atoms with Crippen molar-refractivity contribution < 1.29 is 0 Å². The van der Waals surface area contributed by atoms with Crippen molar-refractivity contribution in [1.82, 2.24) is 0 Å². The molecule has 1 nitrogen and oxygen atoms in total. The van der Waals surface area contributed by atoms with Crippen LogP contribution in [-0.4, -0.2) is 6.54 Å². The number of hydrogen-bond donors (Lipinski definition) is 1. The number of hydrogen-bond acceptors (Lipinski definition) is 2. The molecule has 2 N–H and O–H groups in total. The largest absolute Gasteiger partial charge is 0.330 e. The van der Waals surface area contributed by atoms with Crippen molar-refractivity contribution >= 4 is 27.3 Å². The summed E-state index contributed by atoms with van der Waals surface area (Å²) in [7, 11) is 0. The molecule has 0 saturated carbocycles. The van der Waals surface area contributed by atoms with Gasteiger partial charge in [-0.05, 0) is 58.8 Å². The van der Waals surface area contributed by atoms with E-state index in [-0.39, 0.29) is 5.41 Å². The molecule has 3 heteroatoms. The van der Waals surface area contributed by atoms with Crippen molar-refractivity contribution in [2.45, 2.75) is 31.1 Å². The van der Waals surface area contributed by atoms with Crippen molar-refractivity contribution in [2.75, 3.05) is 6.54 Å². The zero-order valence-corrected chi connectivity index (χ0v) is 13.3. The van der Waals surface area contributed by atoms with E-state index in [4.69, 9.17) is 5.73 Å². The van der Waals surface area contributed by atoms with Crippen LogP contribution in [0.3, 0.4) is 0 Å². The van der Waals surface area contributed by atoms with Crippen LogP contribution in [0.15, 0.2) is 40.2 Å². The molecule has 0 saturated heterocycles. The molecule has 19 heavy (non-hydrogen) atoms. The van der Waals surface area contributed by atoms with Gasteiger partial charge in [0.2, 0.25) is 0 Å². The van der Waals surface area contributed by atoms with E-state index >= 15 is 0 Å². The first-order chi connectivity index (χ1) is 9.23. The molecule has 1 heterocycles. The van der Waals surface area contributed by atoms with Gasteiger partial charge in [0, 0.05) is 26.7 Å². The molecule has 100 valence electrons. The minimum Gasteiger partial charge on any atom is -0.330 e. The van der Waals surface area contributed by atoms with Crippen LogP contribution in [0.4, 0.5) is 0 Å². The SMILES string of the molecule is NCC1(Cc2cc(Br)cs2)CCCc2ccccc21. The summed E-state index contributed by atoms with van der Waals surface area (Å²) in [5.74, 6) is 0. The van der Waals surface area contributed by atoms with Gasteiger partial charge < -0.3 is 5.73 Å². The smallest absolute Gasteiger partial charge is 0.0285 e. The van der Waals surface area contributed by atoms with Crippen LogP contribution in [0.2, 0.25) is 0 Å². The first kappa shape index (κ1) is 13.3. The quantitative estimate of drug-likeness (QED) is 0.889. The van der Waals surface area contributed by atoms with Gasteiger partial charge in [-0.15, -0.1) is 11.3 Å². The first-order valence-electron chi connectivity index (χ1n) is 6.75. The summed E-state index contributed by atoms with van der Waals surface area (Å²) in [5.41, 5.74) is 9.31. The molecule has 1 aliphatic carbocycles. The standard InChI is InChI=1S/C16H18BrNS/c17-13-8-14(19-10-13)9-16(11-18)7-3-5-12-4-1-2-6-15(12)16/h1-2,4,6,8,10H,3,5,7,9,11,18H2. The minimum atomic E-state index is 0.138. The van der Waals surface area contributed by atoms with Crippen LogP contribution >= 0.6 is 27.3 Å². The summed E-state index contributed by atoms with van der Waals surface area (Å²) in [5, 5.41) is 2.16. The van der Waals surface area contributed by atoms with Gasteiger partial charge in [-0.1, -0.05) is 24.3 Å². The summed E-state index contributed by atoms with van der Waals surface area (Å²) in [4.78, 5) is 1.43. The van der Waals surface area contributed by atoms with Gasteiger partial charge in [-0.2, -0.15) is 0 Å². The number of nitrogens with two attached hydrogens (primary N) is 1. The second kappa shape index (κ2) is 5.39. The van der Waals surface area contributed by atoms with Crippen LogP contribution < -0.4 is 5.73 Å². The third-order valence-electron chi connectivity index (χ3n) is 4.22. The lowest BCUT2D eigenvalue weighted by molar-refractivity contribution is 0.368. The Hall–Kier alpha value is -0.640. The second-order valence-electron chi connectivity index (χ2n) is 5.40. The Morgan fingerprint density at radius 3 is 2.89 bits per heavy atom. The molecule has 1 unspecified atom stereocenters. The molecular formula is C16H18BrNS. The Morgan fingerprint density at radius 1 is 1.32 bits per heavy atom. The molecule has 0 spiro atoms. The summed E-state index contributed by atoms with van der Waals surface area (Å²) in [6.45, 7) is 0.736. The maximum absolute atomic E-state index is 6.20. The van der Waals surface area contributed by atoms with Crippen molar-refractivity contribution in [3.63, 3.8) is 0 Å². The third-order valence-corrected chi connectivity index (χ3v) is 5.91. The Kier molecular flexibility index (Phi) is 3.79. The van der Waals surface area contributed by atoms with Crippen molar-refractivity contribution in [1.29, 1.82) is 0 Å². The molecule has 1 aliphatic rings. The van der Waals surface area contributed by atoms with Gasteiger partial charge in [0.15, 0.2) is 0 Å². The van der Waals surface area contributed by atoms with E-state index in [1.807, 2.05) is 11.3 Å². The van der Waals surface area contributed by atoms with Crippen LogP contribution in [-0.2, 0) is 18.3 Å². The van der Waals surface area contributed by atoms with Crippen LogP contribution in [0.1, 0.15) is 28.8 Å². The van der Waals surface area contributed by atoms with Gasteiger partial charge in [-0.25, -0.2) is 0 Å². The lowest BCUT2D eigenvalue weighted by atomic mass is 9.68. The number of thiophene rings is 1. The van der Waals surface area contributed by atoms with E-state index in [1.165, 1.54) is 39.7 Å². The minimum absolute atomic E-state index is 0.138. The lowest BCUT2D eigenvalue weighted by Gasteiger charge is -2.38. The molecule has 3 rings (SSSR count). The fourth-order valence-corrected chi connectivity index (χ4v) is 4.85. The first-order valence-corrected chi connectivity index (χ1v) is 8.42. The molecule has 1 aromatic heterocycles. The van der Waals surface area contributed by atoms with Gasteiger partial charge >= 0.3 is 0 Å². The molecule has 2 aromatic rings. The molecule has 1 atom stereocenters. The molecule has 0 fully saturated rings. The highest BCUT2D eigenvalue weighted by molar-refractivity contribution is 9.10. The Morgan fingerprint density at radius 2 is 2.16 bits per heavy atom. The molecule has 1 aromatic carbocycles. The fraction of sp³-hybridized carbons (Fsp3) is 0.375. The highest BCUT2D eigenvalue weighted by Gasteiger charge is 2.35. The molecular weight excluding hydrogens is 318 g/mol. The van der Waals surface area contributed by atoms with E-state index < -0.39 is 0 Å². The lowest BCUT2D eigenvalue weighted by Crippen LogP contribution is -2.40. The maximum Gasteiger partial charge on any atom is 0.0285 e. The zero-order valence-electron chi connectivity index (χ0n) is 10.9. The number of halogens is 1. The number of rotatable bonds is 3. The van der Waals surface area contributed by atoms with Crippen molar-refractivity contribution in [3.05, 3.63) is 56.2 Å². The summed E-state index contributed by atoms with van der Waals surface area (Å²) in [6.07, 6.45) is 4.72. The normalized spacial score (nSPS) is 22.2. The predicted molar refractivity (Wildman–Crippen MR) is 85.8 cm³/mol. The zero-order chi connectivity index (χ0) is 13.3. The number of aryl methyl sites for hydroxylation is 1. The highest BCUT2D eigenvalue weighted by Crippen LogP contribution is 2.40. The predicted octanol–water partition coefficient (Wildman–Crippen LogP) is 4.29. The maximum atomic E-state index is 6.20. The van der Waals surface area contributed by atoms with E-state index in [0.29, 0.717) is 0 Å². The Balaban J connectivity index is 2.00. The van der Waals surface area contributed by atoms with Gasteiger partial charge in [0.25, 0.3) is 0 Å². The molecule has 0 amide bonds. The summed E-state index contributed by atoms with van der Waals surface area (Å²) in [6, 6.07) is 11.1. The number of benzene rings is 1. The average Bonchev–Trinajstić information content (AvgIpc) is 2.84. The second-order valence-corrected chi connectivity index (χ2v) is 7.31. The van der Waals surface area contributed by atoms with E-state index in [9.17, 15) is 0 Å². The highest BCUT2D eigenvalue weighted by atomic mass is 79.9. The van der Waals surface area contributed by atoms with Crippen molar-refractivity contribution in [3.8, 4) is 0 Å². The van der Waals surface area contributed by atoms with Crippen LogP contribution in [0, 0.1) is 0 Å². The molecule has 0 radical (unpaired) electrons. The summed E-state index contributed by atoms with van der Waals surface area (Å²) < 4.78 is 1.18. The van der Waals surface area contributed by atoms with Crippen molar-refractivity contribution in [2.24, 2.45) is 5.73 Å². The van der Waals surface area contributed by atoms with E-state index in [0.717, 1.165) is 13.0 Å². The molecule has 0 bridgehead atoms.